The molecular weight excluding hydrogens is 276 g/mol. The minimum atomic E-state index is -0.0589. The number of ether oxygens (including phenoxy) is 1. The van der Waals surface area contributed by atoms with Crippen molar-refractivity contribution in [3.8, 4) is 0 Å². The van der Waals surface area contributed by atoms with Gasteiger partial charge in [-0.25, -0.2) is 0 Å². The normalized spacial score (nSPS) is 16.9. The molecule has 1 fully saturated rings. The quantitative estimate of drug-likeness (QED) is 0.848. The second kappa shape index (κ2) is 7.56. The van der Waals surface area contributed by atoms with Crippen LogP contribution in [-0.2, 0) is 9.53 Å². The Morgan fingerprint density at radius 1 is 1.36 bits per heavy atom. The van der Waals surface area contributed by atoms with Gasteiger partial charge in [0.05, 0.1) is 13.2 Å². The van der Waals surface area contributed by atoms with Crippen molar-refractivity contribution in [3.63, 3.8) is 0 Å². The maximum atomic E-state index is 12.0. The largest absolute Gasteiger partial charge is 0.379 e. The summed E-state index contributed by atoms with van der Waals surface area (Å²) in [5.41, 5.74) is 2.18. The smallest absolute Gasteiger partial charge is 0.244 e. The fraction of sp³-hybridized carbons (Fsp3) is 0.500. The SMILES string of the molecule is Cc1cccc(/C=C/C(=O)NCC(C)(C)N2CCOCC2)c1. The zero-order chi connectivity index (χ0) is 16.0. The fourth-order valence-electron chi connectivity index (χ4n) is 2.59. The topological polar surface area (TPSA) is 41.6 Å². The number of hydrogen-bond acceptors (Lipinski definition) is 3. The minimum absolute atomic E-state index is 0.0529. The molecule has 1 heterocycles. The zero-order valence-electron chi connectivity index (χ0n) is 13.8. The van der Waals surface area contributed by atoms with Gasteiger partial charge in [-0.2, -0.15) is 0 Å². The number of carbonyl (C=O) groups is 1. The summed E-state index contributed by atoms with van der Waals surface area (Å²) in [7, 11) is 0. The molecule has 0 spiro atoms. The first-order valence-corrected chi connectivity index (χ1v) is 7.83. The highest BCUT2D eigenvalue weighted by Gasteiger charge is 2.28. The van der Waals surface area contributed by atoms with Crippen LogP contribution in [0.2, 0.25) is 0 Å². The molecule has 0 unspecified atom stereocenters. The van der Waals surface area contributed by atoms with Gasteiger partial charge in [0.1, 0.15) is 0 Å². The summed E-state index contributed by atoms with van der Waals surface area (Å²) in [6.45, 7) is 10.4. The third-order valence-corrected chi connectivity index (χ3v) is 4.03. The molecule has 22 heavy (non-hydrogen) atoms. The van der Waals surface area contributed by atoms with E-state index in [-0.39, 0.29) is 11.4 Å². The molecule has 0 bridgehead atoms. The van der Waals surface area contributed by atoms with Crippen molar-refractivity contribution in [2.45, 2.75) is 26.3 Å². The first kappa shape index (κ1) is 16.7. The van der Waals surface area contributed by atoms with Gasteiger partial charge in [0.25, 0.3) is 0 Å². The van der Waals surface area contributed by atoms with Crippen LogP contribution in [0.25, 0.3) is 6.08 Å². The highest BCUT2D eigenvalue weighted by atomic mass is 16.5. The highest BCUT2D eigenvalue weighted by molar-refractivity contribution is 5.91. The van der Waals surface area contributed by atoms with Gasteiger partial charge < -0.3 is 10.1 Å². The molecule has 0 aliphatic carbocycles. The van der Waals surface area contributed by atoms with Gasteiger partial charge in [-0.05, 0) is 32.4 Å². The van der Waals surface area contributed by atoms with E-state index in [1.807, 2.05) is 31.2 Å². The summed E-state index contributed by atoms with van der Waals surface area (Å²) in [5.74, 6) is -0.0529. The third-order valence-electron chi connectivity index (χ3n) is 4.03. The van der Waals surface area contributed by atoms with Crippen LogP contribution in [0.5, 0.6) is 0 Å². The van der Waals surface area contributed by atoms with Crippen molar-refractivity contribution in [1.82, 2.24) is 10.2 Å². The first-order chi connectivity index (χ1) is 10.5. The molecule has 0 radical (unpaired) electrons. The molecule has 120 valence electrons. The molecule has 4 heteroatoms. The highest BCUT2D eigenvalue weighted by Crippen LogP contribution is 2.15. The molecule has 1 saturated heterocycles. The lowest BCUT2D eigenvalue weighted by molar-refractivity contribution is -0.117. The van der Waals surface area contributed by atoms with Crippen molar-refractivity contribution in [2.75, 3.05) is 32.8 Å². The number of nitrogens with zero attached hydrogens (tertiary/aromatic N) is 1. The van der Waals surface area contributed by atoms with Gasteiger partial charge in [-0.1, -0.05) is 29.8 Å². The number of rotatable bonds is 5. The van der Waals surface area contributed by atoms with Crippen LogP contribution < -0.4 is 5.32 Å². The van der Waals surface area contributed by atoms with E-state index in [4.69, 9.17) is 4.74 Å². The Morgan fingerprint density at radius 2 is 2.09 bits per heavy atom. The van der Waals surface area contributed by atoms with E-state index in [1.54, 1.807) is 6.08 Å². The third kappa shape index (κ3) is 4.97. The molecule has 1 aliphatic rings. The monoisotopic (exact) mass is 302 g/mol. The summed E-state index contributed by atoms with van der Waals surface area (Å²) < 4.78 is 5.38. The first-order valence-electron chi connectivity index (χ1n) is 7.83. The second-order valence-corrected chi connectivity index (χ2v) is 6.38. The Bertz CT molecular complexity index is 532. The van der Waals surface area contributed by atoms with Gasteiger partial charge in [0.15, 0.2) is 0 Å². The van der Waals surface area contributed by atoms with Gasteiger partial charge in [0, 0.05) is 31.2 Å². The number of amides is 1. The van der Waals surface area contributed by atoms with Crippen LogP contribution in [0.3, 0.4) is 0 Å². The van der Waals surface area contributed by atoms with E-state index in [1.165, 1.54) is 5.56 Å². The van der Waals surface area contributed by atoms with E-state index in [0.29, 0.717) is 6.54 Å². The van der Waals surface area contributed by atoms with Gasteiger partial charge in [-0.3, -0.25) is 9.69 Å². The summed E-state index contributed by atoms with van der Waals surface area (Å²) in [5, 5.41) is 3.00. The predicted octanol–water partition coefficient (Wildman–Crippen LogP) is 2.24. The van der Waals surface area contributed by atoms with E-state index in [0.717, 1.165) is 31.9 Å². The average Bonchev–Trinajstić information content (AvgIpc) is 2.52. The Labute approximate surface area is 133 Å². The van der Waals surface area contributed by atoms with Gasteiger partial charge in [-0.15, -0.1) is 0 Å². The van der Waals surface area contributed by atoms with Crippen LogP contribution in [0.4, 0.5) is 0 Å². The van der Waals surface area contributed by atoms with Crippen molar-refractivity contribution in [2.24, 2.45) is 0 Å². The fourth-order valence-corrected chi connectivity index (χ4v) is 2.59. The lowest BCUT2D eigenvalue weighted by Crippen LogP contribution is -2.55. The minimum Gasteiger partial charge on any atom is -0.379 e. The van der Waals surface area contributed by atoms with Crippen LogP contribution >= 0.6 is 0 Å². The molecule has 0 saturated carbocycles. The summed E-state index contributed by atoms with van der Waals surface area (Å²) in [4.78, 5) is 14.4. The Kier molecular flexibility index (Phi) is 5.75. The van der Waals surface area contributed by atoms with Crippen LogP contribution in [0, 0.1) is 6.92 Å². The van der Waals surface area contributed by atoms with Crippen LogP contribution in [0.15, 0.2) is 30.3 Å². The second-order valence-electron chi connectivity index (χ2n) is 6.38. The molecule has 4 nitrogen and oxygen atoms in total. The molecule has 2 rings (SSSR count). The lowest BCUT2D eigenvalue weighted by atomic mass is 10.0. The number of benzene rings is 1. The van der Waals surface area contributed by atoms with Crippen molar-refractivity contribution in [1.29, 1.82) is 0 Å². The predicted molar refractivity (Wildman–Crippen MR) is 89.7 cm³/mol. The molecule has 1 aromatic carbocycles. The molecule has 0 aromatic heterocycles. The van der Waals surface area contributed by atoms with Crippen molar-refractivity contribution in [3.05, 3.63) is 41.5 Å². The Morgan fingerprint density at radius 3 is 2.77 bits per heavy atom. The number of nitrogens with one attached hydrogen (secondary N) is 1. The maximum Gasteiger partial charge on any atom is 0.244 e. The van der Waals surface area contributed by atoms with E-state index < -0.39 is 0 Å². The number of carbonyl (C=O) groups excluding carboxylic acids is 1. The lowest BCUT2D eigenvalue weighted by Gasteiger charge is -2.40. The van der Waals surface area contributed by atoms with E-state index >= 15 is 0 Å². The van der Waals surface area contributed by atoms with Crippen molar-refractivity contribution < 1.29 is 9.53 Å². The van der Waals surface area contributed by atoms with E-state index in [2.05, 4.69) is 30.1 Å². The summed E-state index contributed by atoms with van der Waals surface area (Å²) in [6, 6.07) is 8.09. The van der Waals surface area contributed by atoms with Crippen LogP contribution in [0.1, 0.15) is 25.0 Å². The molecule has 1 aromatic rings. The Hall–Kier alpha value is -1.65. The number of aryl methyl sites for hydroxylation is 1. The van der Waals surface area contributed by atoms with Crippen LogP contribution in [-0.4, -0.2) is 49.2 Å². The van der Waals surface area contributed by atoms with Crippen molar-refractivity contribution >= 4 is 12.0 Å². The number of morpholine rings is 1. The molecule has 1 amide bonds. The van der Waals surface area contributed by atoms with Gasteiger partial charge in [0.2, 0.25) is 5.91 Å². The average molecular weight is 302 g/mol. The molecule has 1 N–H and O–H groups in total. The molecule has 0 atom stereocenters. The molecule has 1 aliphatic heterocycles. The zero-order valence-corrected chi connectivity index (χ0v) is 13.8. The maximum absolute atomic E-state index is 12.0. The summed E-state index contributed by atoms with van der Waals surface area (Å²) in [6.07, 6.45) is 3.45. The van der Waals surface area contributed by atoms with Gasteiger partial charge >= 0.3 is 0 Å². The summed E-state index contributed by atoms with van der Waals surface area (Å²) >= 11 is 0. The molecular formula is C18H26N2O2. The van der Waals surface area contributed by atoms with E-state index in [9.17, 15) is 4.79 Å². The standard InChI is InChI=1S/C18H26N2O2/c1-15-5-4-6-16(13-15)7-8-17(21)19-14-18(2,3)20-9-11-22-12-10-20/h4-8,13H,9-12,14H2,1-3H3,(H,19,21)/b8-7+. The Balaban J connectivity index is 1.84. The number of hydrogen-bond donors (Lipinski definition) is 1.